The van der Waals surface area contributed by atoms with Crippen molar-refractivity contribution in [2.24, 2.45) is 5.92 Å². The molecule has 19 heavy (non-hydrogen) atoms. The third-order valence-corrected chi connectivity index (χ3v) is 4.17. The molecule has 2 rings (SSSR count). The van der Waals surface area contributed by atoms with Crippen molar-refractivity contribution in [3.63, 3.8) is 0 Å². The second-order valence-corrected chi connectivity index (χ2v) is 5.59. The summed E-state index contributed by atoms with van der Waals surface area (Å²) < 4.78 is 0. The Morgan fingerprint density at radius 2 is 1.95 bits per heavy atom. The first-order valence-electron chi connectivity index (χ1n) is 7.35. The van der Waals surface area contributed by atoms with Crippen molar-refractivity contribution < 1.29 is 5.11 Å². The maximum atomic E-state index is 10.6. The van der Waals surface area contributed by atoms with Crippen LogP contribution in [0.4, 0.5) is 0 Å². The molecule has 0 spiro atoms. The third kappa shape index (κ3) is 3.95. The summed E-state index contributed by atoms with van der Waals surface area (Å²) in [5.41, 5.74) is 1.23. The van der Waals surface area contributed by atoms with Gasteiger partial charge < -0.3 is 10.0 Å². The lowest BCUT2D eigenvalue weighted by molar-refractivity contribution is -0.0354. The zero-order valence-electron chi connectivity index (χ0n) is 12.1. The molecule has 106 valence electrons. The van der Waals surface area contributed by atoms with Gasteiger partial charge in [0.05, 0.1) is 0 Å². The summed E-state index contributed by atoms with van der Waals surface area (Å²) >= 11 is 0. The van der Waals surface area contributed by atoms with Crippen molar-refractivity contribution in [2.75, 3.05) is 20.1 Å². The molecule has 2 unspecified atom stereocenters. The van der Waals surface area contributed by atoms with Crippen molar-refractivity contribution >= 4 is 0 Å². The van der Waals surface area contributed by atoms with Crippen LogP contribution in [0, 0.1) is 5.92 Å². The molecule has 0 amide bonds. The smallest absolute Gasteiger partial charge is 0.114 e. The van der Waals surface area contributed by atoms with Crippen LogP contribution in [0.25, 0.3) is 0 Å². The number of aliphatic hydroxyl groups is 1. The highest BCUT2D eigenvalue weighted by Gasteiger charge is 2.24. The van der Waals surface area contributed by atoms with Crippen LogP contribution in [0.1, 0.15) is 32.6 Å². The van der Waals surface area contributed by atoms with E-state index in [0.717, 1.165) is 19.5 Å². The maximum Gasteiger partial charge on any atom is 0.114 e. The van der Waals surface area contributed by atoms with Gasteiger partial charge in [-0.05, 0) is 32.3 Å². The van der Waals surface area contributed by atoms with E-state index in [2.05, 4.69) is 48.2 Å². The Morgan fingerprint density at radius 1 is 1.21 bits per heavy atom. The minimum absolute atomic E-state index is 0.184. The van der Waals surface area contributed by atoms with Gasteiger partial charge in [0.25, 0.3) is 0 Å². The Morgan fingerprint density at radius 3 is 2.68 bits per heavy atom. The van der Waals surface area contributed by atoms with E-state index in [4.69, 9.17) is 0 Å². The van der Waals surface area contributed by atoms with Crippen LogP contribution >= 0.6 is 0 Å². The fraction of sp³-hybridized carbons (Fsp3) is 0.625. The lowest BCUT2D eigenvalue weighted by atomic mass is 9.99. The van der Waals surface area contributed by atoms with Gasteiger partial charge in [-0.3, -0.25) is 4.90 Å². The highest BCUT2D eigenvalue weighted by molar-refractivity contribution is 5.12. The largest absolute Gasteiger partial charge is 0.378 e. The van der Waals surface area contributed by atoms with Crippen LogP contribution in [0.5, 0.6) is 0 Å². The molecule has 1 saturated heterocycles. The molecule has 2 aliphatic heterocycles. The molecular formula is C16H26N2O. The van der Waals surface area contributed by atoms with Gasteiger partial charge in [0.1, 0.15) is 6.23 Å². The number of piperidine rings is 1. The van der Waals surface area contributed by atoms with E-state index in [1.54, 1.807) is 0 Å². The van der Waals surface area contributed by atoms with Gasteiger partial charge >= 0.3 is 0 Å². The normalized spacial score (nSPS) is 33.5. The highest BCUT2D eigenvalue weighted by Crippen LogP contribution is 2.21. The molecule has 1 fully saturated rings. The molecule has 3 heteroatoms. The van der Waals surface area contributed by atoms with Crippen LogP contribution in [0.15, 0.2) is 36.2 Å². The SMILES string of the molecule is C/C1=C\CC(C(O)N2CCCCC2)/C=C/C=C\N1C. The number of hydrogen-bond acceptors (Lipinski definition) is 3. The molecule has 1 N–H and O–H groups in total. The second-order valence-electron chi connectivity index (χ2n) is 5.59. The monoisotopic (exact) mass is 262 g/mol. The van der Waals surface area contributed by atoms with Crippen molar-refractivity contribution in [3.05, 3.63) is 36.2 Å². The molecule has 0 aromatic carbocycles. The fourth-order valence-corrected chi connectivity index (χ4v) is 2.71. The Bertz CT molecular complexity index is 367. The number of nitrogens with zero attached hydrogens (tertiary/aromatic N) is 2. The number of hydrogen-bond donors (Lipinski definition) is 1. The molecule has 0 radical (unpaired) electrons. The van der Waals surface area contributed by atoms with Gasteiger partial charge in [-0.15, -0.1) is 0 Å². The lowest BCUT2D eigenvalue weighted by Gasteiger charge is -2.34. The van der Waals surface area contributed by atoms with Gasteiger partial charge in [-0.1, -0.05) is 24.6 Å². The van der Waals surface area contributed by atoms with E-state index in [0.29, 0.717) is 0 Å². The quantitative estimate of drug-likeness (QED) is 0.829. The molecule has 0 aliphatic carbocycles. The summed E-state index contributed by atoms with van der Waals surface area (Å²) in [6.45, 7) is 4.17. The van der Waals surface area contributed by atoms with E-state index in [1.807, 2.05) is 6.08 Å². The molecule has 0 saturated carbocycles. The molecular weight excluding hydrogens is 236 g/mol. The molecule has 3 nitrogen and oxygen atoms in total. The number of rotatable bonds is 2. The van der Waals surface area contributed by atoms with E-state index in [9.17, 15) is 5.11 Å². The first-order chi connectivity index (χ1) is 9.18. The summed E-state index contributed by atoms with van der Waals surface area (Å²) in [5.74, 6) is 0.184. The fourth-order valence-electron chi connectivity index (χ4n) is 2.71. The summed E-state index contributed by atoms with van der Waals surface area (Å²) in [6.07, 6.45) is 14.8. The molecule has 0 aromatic rings. The van der Waals surface area contributed by atoms with Crippen molar-refractivity contribution in [3.8, 4) is 0 Å². The Balaban J connectivity index is 2.05. The van der Waals surface area contributed by atoms with Gasteiger partial charge in [0.15, 0.2) is 0 Å². The minimum Gasteiger partial charge on any atom is -0.378 e. The van der Waals surface area contributed by atoms with Gasteiger partial charge in [0, 0.05) is 38.0 Å². The summed E-state index contributed by atoms with van der Waals surface area (Å²) in [5, 5.41) is 10.6. The average molecular weight is 262 g/mol. The standard InChI is InChI=1S/C16H26N2O/c1-14-9-10-15(8-4-7-11-17(14)2)16(19)18-12-5-3-6-13-18/h4,7-9,11,15-16,19H,3,5-6,10,12-13H2,1-2H3/b8-4+,11-7-,14-9+. The van der Waals surface area contributed by atoms with Crippen LogP contribution in [0.2, 0.25) is 0 Å². The zero-order chi connectivity index (χ0) is 13.7. The van der Waals surface area contributed by atoms with E-state index in [-0.39, 0.29) is 12.1 Å². The predicted octanol–water partition coefficient (Wildman–Crippen LogP) is 2.72. The highest BCUT2D eigenvalue weighted by atomic mass is 16.3. The summed E-state index contributed by atoms with van der Waals surface area (Å²) in [7, 11) is 2.05. The number of likely N-dealkylation sites (tertiary alicyclic amines) is 1. The molecule has 2 aliphatic rings. The first kappa shape index (κ1) is 14.4. The van der Waals surface area contributed by atoms with Crippen molar-refractivity contribution in [1.82, 2.24) is 9.80 Å². The van der Waals surface area contributed by atoms with Crippen LogP contribution in [-0.4, -0.2) is 41.3 Å². The summed E-state index contributed by atoms with van der Waals surface area (Å²) in [4.78, 5) is 4.34. The maximum absolute atomic E-state index is 10.6. The predicted molar refractivity (Wildman–Crippen MR) is 79.3 cm³/mol. The van der Waals surface area contributed by atoms with E-state index >= 15 is 0 Å². The Hall–Kier alpha value is -1.06. The third-order valence-electron chi connectivity index (χ3n) is 4.17. The van der Waals surface area contributed by atoms with Crippen LogP contribution in [-0.2, 0) is 0 Å². The second kappa shape index (κ2) is 6.92. The number of aliphatic hydroxyl groups excluding tert-OH is 1. The molecule has 2 atom stereocenters. The van der Waals surface area contributed by atoms with E-state index in [1.165, 1.54) is 25.0 Å². The first-order valence-corrected chi connectivity index (χ1v) is 7.35. The molecule has 0 aromatic heterocycles. The van der Waals surface area contributed by atoms with Gasteiger partial charge in [-0.2, -0.15) is 0 Å². The van der Waals surface area contributed by atoms with Gasteiger partial charge in [-0.25, -0.2) is 0 Å². The van der Waals surface area contributed by atoms with Crippen LogP contribution < -0.4 is 0 Å². The lowest BCUT2D eigenvalue weighted by Crippen LogP contribution is -2.43. The Labute approximate surface area is 116 Å². The van der Waals surface area contributed by atoms with Crippen molar-refractivity contribution in [2.45, 2.75) is 38.8 Å². The topological polar surface area (TPSA) is 26.7 Å². The van der Waals surface area contributed by atoms with E-state index < -0.39 is 0 Å². The summed E-state index contributed by atoms with van der Waals surface area (Å²) in [6, 6.07) is 0. The average Bonchev–Trinajstić information content (AvgIpc) is 2.52. The Kier molecular flexibility index (Phi) is 5.23. The molecule has 2 heterocycles. The van der Waals surface area contributed by atoms with Crippen molar-refractivity contribution in [1.29, 1.82) is 0 Å². The molecule has 0 bridgehead atoms. The van der Waals surface area contributed by atoms with Gasteiger partial charge in [0.2, 0.25) is 0 Å². The minimum atomic E-state index is -0.350. The zero-order valence-corrected chi connectivity index (χ0v) is 12.1. The number of allylic oxidation sites excluding steroid dienone is 4. The van der Waals surface area contributed by atoms with Crippen LogP contribution in [0.3, 0.4) is 0 Å².